The number of carbonyl (C=O) groups excluding carboxylic acids is 1. The van der Waals surface area contributed by atoms with Crippen molar-refractivity contribution in [2.45, 2.75) is 13.8 Å². The number of hydrogen-bond acceptors (Lipinski definition) is 6. The lowest BCUT2D eigenvalue weighted by molar-refractivity contribution is -0.118. The van der Waals surface area contributed by atoms with E-state index in [1.54, 1.807) is 55.8 Å². The monoisotopic (exact) mass is 492 g/mol. The molecule has 0 aliphatic heterocycles. The normalized spacial score (nSPS) is 10.5. The molecule has 0 aliphatic carbocycles. The lowest BCUT2D eigenvalue weighted by Crippen LogP contribution is -2.24. The molecule has 0 heterocycles. The second kappa shape index (κ2) is 12.4. The molecule has 3 N–H and O–H groups in total. The molecule has 0 saturated carbocycles. The summed E-state index contributed by atoms with van der Waals surface area (Å²) in [6.45, 7) is 3.86. The van der Waals surface area contributed by atoms with Gasteiger partial charge in [-0.15, -0.1) is 0 Å². The Morgan fingerprint density at radius 3 is 2.31 bits per heavy atom. The number of anilines is 2. The Bertz CT molecular complexity index is 1190. The number of ether oxygens (including phenoxy) is 3. The van der Waals surface area contributed by atoms with Crippen molar-refractivity contribution in [1.29, 1.82) is 0 Å². The van der Waals surface area contributed by atoms with Gasteiger partial charge in [0.25, 0.3) is 5.91 Å². The lowest BCUT2D eigenvalue weighted by atomic mass is 10.1. The Labute approximate surface area is 210 Å². The maximum absolute atomic E-state index is 12.2. The first kappa shape index (κ1) is 25.5. The number of nitrogens with zero attached hydrogens (tertiary/aromatic N) is 1. The van der Waals surface area contributed by atoms with Crippen LogP contribution in [0.2, 0.25) is 0 Å². The van der Waals surface area contributed by atoms with Gasteiger partial charge in [0.2, 0.25) is 0 Å². The van der Waals surface area contributed by atoms with Crippen LogP contribution in [0.25, 0.3) is 0 Å². The maximum Gasteiger partial charge on any atom is 0.262 e. The Morgan fingerprint density at radius 2 is 1.66 bits per heavy atom. The summed E-state index contributed by atoms with van der Waals surface area (Å²) in [6.07, 6.45) is 1.61. The Morgan fingerprint density at radius 1 is 0.943 bits per heavy atom. The van der Waals surface area contributed by atoms with Crippen LogP contribution in [-0.4, -0.2) is 38.1 Å². The summed E-state index contributed by atoms with van der Waals surface area (Å²) in [7, 11) is 3.12. The van der Waals surface area contributed by atoms with Gasteiger partial charge in [-0.2, -0.15) is 5.10 Å². The molecule has 0 aromatic heterocycles. The second-order valence-corrected chi connectivity index (χ2v) is 7.97. The molecule has 3 rings (SSSR count). The van der Waals surface area contributed by atoms with Gasteiger partial charge < -0.3 is 24.8 Å². The fraction of sp³-hybridized carbons (Fsp3) is 0.192. The Hall–Kier alpha value is -4.11. The number of benzene rings is 3. The van der Waals surface area contributed by atoms with E-state index in [0.717, 1.165) is 22.4 Å². The highest BCUT2D eigenvalue weighted by Gasteiger charge is 2.09. The molecule has 0 saturated heterocycles. The summed E-state index contributed by atoms with van der Waals surface area (Å²) in [5, 5.41) is 10.5. The number of nitrogens with one attached hydrogen (secondary N) is 3. The second-order valence-electron chi connectivity index (χ2n) is 7.57. The first-order valence-corrected chi connectivity index (χ1v) is 11.2. The van der Waals surface area contributed by atoms with Gasteiger partial charge in [-0.3, -0.25) is 10.2 Å². The molecule has 0 aliphatic rings. The van der Waals surface area contributed by atoms with Crippen molar-refractivity contribution in [3.8, 4) is 17.2 Å². The molecule has 0 spiro atoms. The van der Waals surface area contributed by atoms with Gasteiger partial charge in [0.05, 0.1) is 20.4 Å². The highest BCUT2D eigenvalue weighted by atomic mass is 32.1. The van der Waals surface area contributed by atoms with Gasteiger partial charge in [-0.1, -0.05) is 18.2 Å². The molecule has 0 atom stereocenters. The highest BCUT2D eigenvalue weighted by Crippen LogP contribution is 2.27. The van der Waals surface area contributed by atoms with Crippen LogP contribution in [0.15, 0.2) is 65.8 Å². The van der Waals surface area contributed by atoms with Crippen LogP contribution in [-0.2, 0) is 4.79 Å². The van der Waals surface area contributed by atoms with Crippen molar-refractivity contribution in [1.82, 2.24) is 5.43 Å². The van der Waals surface area contributed by atoms with Crippen molar-refractivity contribution in [2.24, 2.45) is 5.10 Å². The molecule has 1 amide bonds. The zero-order chi connectivity index (χ0) is 25.2. The van der Waals surface area contributed by atoms with Crippen molar-refractivity contribution in [3.05, 3.63) is 77.4 Å². The molecule has 9 heteroatoms. The predicted octanol–water partition coefficient (Wildman–Crippen LogP) is 4.66. The number of carbonyl (C=O) groups is 1. The quantitative estimate of drug-likeness (QED) is 0.227. The summed E-state index contributed by atoms with van der Waals surface area (Å²) >= 11 is 5.33. The number of amides is 1. The van der Waals surface area contributed by atoms with E-state index >= 15 is 0 Å². The molecule has 0 unspecified atom stereocenters. The van der Waals surface area contributed by atoms with Gasteiger partial charge in [0.1, 0.15) is 5.75 Å². The van der Waals surface area contributed by atoms with Crippen LogP contribution in [0.1, 0.15) is 16.7 Å². The molecular formula is C26H28N4O4S. The van der Waals surface area contributed by atoms with Gasteiger partial charge >= 0.3 is 0 Å². The summed E-state index contributed by atoms with van der Waals surface area (Å²) < 4.78 is 16.2. The lowest BCUT2D eigenvalue weighted by Gasteiger charge is -2.13. The van der Waals surface area contributed by atoms with Crippen molar-refractivity contribution in [2.75, 3.05) is 31.5 Å². The molecular weight excluding hydrogens is 464 g/mol. The van der Waals surface area contributed by atoms with Gasteiger partial charge in [0.15, 0.2) is 23.2 Å². The number of methoxy groups -OCH3 is 2. The van der Waals surface area contributed by atoms with Crippen molar-refractivity contribution in [3.63, 3.8) is 0 Å². The van der Waals surface area contributed by atoms with E-state index in [0.29, 0.717) is 28.0 Å². The molecule has 0 bridgehead atoms. The molecule has 3 aromatic rings. The minimum atomic E-state index is -0.294. The van der Waals surface area contributed by atoms with Crippen LogP contribution in [0, 0.1) is 13.8 Å². The Balaban J connectivity index is 1.53. The smallest absolute Gasteiger partial charge is 0.262 e. The molecule has 3 aromatic carbocycles. The van der Waals surface area contributed by atoms with E-state index in [4.69, 9.17) is 26.4 Å². The first-order valence-electron chi connectivity index (χ1n) is 10.8. The van der Waals surface area contributed by atoms with E-state index in [1.807, 2.05) is 32.0 Å². The van der Waals surface area contributed by atoms with Gasteiger partial charge in [0, 0.05) is 11.4 Å². The molecule has 182 valence electrons. The third-order valence-electron chi connectivity index (χ3n) is 5.02. The zero-order valence-corrected chi connectivity index (χ0v) is 20.9. The summed E-state index contributed by atoms with van der Waals surface area (Å²) in [4.78, 5) is 12.2. The zero-order valence-electron chi connectivity index (χ0n) is 20.0. The van der Waals surface area contributed by atoms with Crippen LogP contribution in [0.5, 0.6) is 17.2 Å². The van der Waals surface area contributed by atoms with Gasteiger partial charge in [-0.05, 0) is 85.2 Å². The topological polar surface area (TPSA) is 93.2 Å². The van der Waals surface area contributed by atoms with E-state index in [9.17, 15) is 4.79 Å². The van der Waals surface area contributed by atoms with E-state index in [2.05, 4.69) is 21.2 Å². The largest absolute Gasteiger partial charge is 0.497 e. The average Bonchev–Trinajstić information content (AvgIpc) is 2.86. The summed E-state index contributed by atoms with van der Waals surface area (Å²) in [5.41, 5.74) is 7.37. The first-order chi connectivity index (χ1) is 16.9. The summed E-state index contributed by atoms with van der Waals surface area (Å²) in [6, 6.07) is 18.3. The molecule has 0 radical (unpaired) electrons. The fourth-order valence-corrected chi connectivity index (χ4v) is 3.37. The van der Waals surface area contributed by atoms with E-state index in [1.165, 1.54) is 7.11 Å². The minimum absolute atomic E-state index is 0.171. The van der Waals surface area contributed by atoms with Gasteiger partial charge in [-0.25, -0.2) is 0 Å². The Kier molecular flexibility index (Phi) is 9.02. The maximum atomic E-state index is 12.2. The summed E-state index contributed by atoms with van der Waals surface area (Å²) in [5.74, 6) is 1.33. The van der Waals surface area contributed by atoms with E-state index < -0.39 is 0 Å². The number of rotatable bonds is 9. The number of para-hydroxylation sites is 1. The molecule has 35 heavy (non-hydrogen) atoms. The highest BCUT2D eigenvalue weighted by molar-refractivity contribution is 7.80. The van der Waals surface area contributed by atoms with Crippen LogP contribution >= 0.6 is 12.2 Å². The molecule has 8 nitrogen and oxygen atoms in total. The standard InChI is InChI=1S/C26H28N4O4S/c1-17-6-5-7-18(2)25(17)29-26(35)30-27-15-19-8-13-22(23(14-19)33-4)34-16-24(31)28-20-9-11-21(32-3)12-10-20/h5-15H,16H2,1-4H3,(H,28,31)(H2,29,30,35)/b27-15+. The predicted molar refractivity (Wildman–Crippen MR) is 143 cm³/mol. The van der Waals surface area contributed by atoms with Crippen molar-refractivity contribution < 1.29 is 19.0 Å². The third-order valence-corrected chi connectivity index (χ3v) is 5.21. The van der Waals surface area contributed by atoms with Crippen LogP contribution < -0.4 is 30.3 Å². The fourth-order valence-electron chi connectivity index (χ4n) is 3.22. The van der Waals surface area contributed by atoms with E-state index in [-0.39, 0.29) is 12.5 Å². The number of hydrazone groups is 1. The third kappa shape index (κ3) is 7.44. The average molecular weight is 493 g/mol. The van der Waals surface area contributed by atoms with Crippen molar-refractivity contribution >= 4 is 40.8 Å². The number of thiocarbonyl (C=S) groups is 1. The van der Waals surface area contributed by atoms with Crippen LogP contribution in [0.4, 0.5) is 11.4 Å². The minimum Gasteiger partial charge on any atom is -0.497 e. The number of aryl methyl sites for hydroxylation is 2. The number of hydrogen-bond donors (Lipinski definition) is 3. The van der Waals surface area contributed by atoms with Crippen LogP contribution in [0.3, 0.4) is 0 Å². The molecule has 0 fully saturated rings. The SMILES string of the molecule is COc1ccc(NC(=O)COc2ccc(/C=N/NC(=S)Nc3c(C)cccc3C)cc2OC)cc1.